The minimum Gasteiger partial charge on any atom is -0.355 e. The zero-order valence-electron chi connectivity index (χ0n) is 10.1. The monoisotopic (exact) mass is 286 g/mol. The van der Waals surface area contributed by atoms with E-state index in [1.165, 1.54) is 12.1 Å². The van der Waals surface area contributed by atoms with Gasteiger partial charge in [0.15, 0.2) is 0 Å². The third-order valence-corrected chi connectivity index (χ3v) is 3.05. The average molecular weight is 287 g/mol. The summed E-state index contributed by atoms with van der Waals surface area (Å²) >= 11 is 6.02. The minimum absolute atomic E-state index is 0.248. The van der Waals surface area contributed by atoms with Gasteiger partial charge < -0.3 is 5.32 Å². The summed E-state index contributed by atoms with van der Waals surface area (Å²) in [5.74, 6) is -0.475. The first-order chi connectivity index (χ1) is 9.65. The van der Waals surface area contributed by atoms with Crippen LogP contribution < -0.4 is 5.32 Å². The van der Waals surface area contributed by atoms with Crippen molar-refractivity contribution in [1.29, 1.82) is 5.26 Å². The summed E-state index contributed by atoms with van der Waals surface area (Å²) in [6.45, 7) is 0. The molecule has 6 heteroatoms. The maximum Gasteiger partial charge on any atom is 0.126 e. The fourth-order valence-corrected chi connectivity index (χ4v) is 2.22. The van der Waals surface area contributed by atoms with E-state index in [1.54, 1.807) is 24.4 Å². The van der Waals surface area contributed by atoms with Crippen molar-refractivity contribution in [2.75, 3.05) is 5.32 Å². The number of halogens is 2. The fraction of sp³-hybridized carbons (Fsp3) is 0. The van der Waals surface area contributed by atoms with Crippen molar-refractivity contribution >= 4 is 33.9 Å². The number of benzene rings is 2. The number of hydrogen-bond donors (Lipinski definition) is 2. The molecule has 3 aromatic rings. The van der Waals surface area contributed by atoms with Gasteiger partial charge in [0.2, 0.25) is 0 Å². The molecule has 4 nitrogen and oxygen atoms in total. The first-order valence-electron chi connectivity index (χ1n) is 5.76. The molecule has 0 saturated carbocycles. The molecule has 0 atom stereocenters. The third kappa shape index (κ3) is 2.29. The molecule has 0 unspecified atom stereocenters. The van der Waals surface area contributed by atoms with E-state index in [0.717, 1.165) is 10.9 Å². The molecule has 0 aliphatic carbocycles. The van der Waals surface area contributed by atoms with Gasteiger partial charge in [-0.25, -0.2) is 4.39 Å². The zero-order chi connectivity index (χ0) is 14.1. The van der Waals surface area contributed by atoms with Gasteiger partial charge in [-0.05, 0) is 30.3 Å². The molecular formula is C14H8ClFN4. The smallest absolute Gasteiger partial charge is 0.126 e. The predicted octanol–water partition coefficient (Wildman–Crippen LogP) is 3.97. The molecule has 2 N–H and O–H groups in total. The van der Waals surface area contributed by atoms with E-state index in [0.29, 0.717) is 16.4 Å². The molecule has 0 radical (unpaired) electrons. The van der Waals surface area contributed by atoms with Gasteiger partial charge >= 0.3 is 0 Å². The van der Waals surface area contributed by atoms with Crippen molar-refractivity contribution in [3.63, 3.8) is 0 Å². The molecule has 0 saturated heterocycles. The number of nitrogens with zero attached hydrogens (tertiary/aromatic N) is 2. The topological polar surface area (TPSA) is 64.5 Å². The molecular weight excluding hydrogens is 279 g/mol. The van der Waals surface area contributed by atoms with E-state index in [4.69, 9.17) is 16.9 Å². The van der Waals surface area contributed by atoms with E-state index >= 15 is 0 Å². The predicted molar refractivity (Wildman–Crippen MR) is 75.5 cm³/mol. The lowest BCUT2D eigenvalue weighted by Crippen LogP contribution is -1.93. The Kier molecular flexibility index (Phi) is 3.01. The van der Waals surface area contributed by atoms with Gasteiger partial charge in [0.1, 0.15) is 5.82 Å². The van der Waals surface area contributed by atoms with Crippen LogP contribution in [0.2, 0.25) is 5.02 Å². The lowest BCUT2D eigenvalue weighted by atomic mass is 10.2. The van der Waals surface area contributed by atoms with Gasteiger partial charge in [0.25, 0.3) is 0 Å². The maximum atomic E-state index is 13.4. The summed E-state index contributed by atoms with van der Waals surface area (Å²) in [6, 6.07) is 9.44. The Bertz CT molecular complexity index is 835. The fourth-order valence-electron chi connectivity index (χ4n) is 2.00. The van der Waals surface area contributed by atoms with Crippen LogP contribution >= 0.6 is 11.6 Å². The highest BCUT2D eigenvalue weighted by Gasteiger charge is 2.07. The Balaban J connectivity index is 2.07. The molecule has 0 fully saturated rings. The van der Waals surface area contributed by atoms with Crippen molar-refractivity contribution in [3.8, 4) is 6.07 Å². The number of aromatic nitrogens is 2. The third-order valence-electron chi connectivity index (χ3n) is 2.83. The van der Waals surface area contributed by atoms with Crippen molar-refractivity contribution < 1.29 is 4.39 Å². The summed E-state index contributed by atoms with van der Waals surface area (Å²) in [7, 11) is 0. The molecule has 0 amide bonds. The zero-order valence-corrected chi connectivity index (χ0v) is 10.9. The Morgan fingerprint density at radius 1 is 1.25 bits per heavy atom. The van der Waals surface area contributed by atoms with Crippen molar-refractivity contribution in [3.05, 3.63) is 52.9 Å². The van der Waals surface area contributed by atoms with E-state index in [2.05, 4.69) is 15.5 Å². The second-order valence-electron chi connectivity index (χ2n) is 4.25. The second kappa shape index (κ2) is 4.83. The quantitative estimate of drug-likeness (QED) is 0.749. The maximum absolute atomic E-state index is 13.4. The van der Waals surface area contributed by atoms with Gasteiger partial charge in [-0.1, -0.05) is 11.6 Å². The lowest BCUT2D eigenvalue weighted by molar-refractivity contribution is 0.628. The largest absolute Gasteiger partial charge is 0.355 e. The minimum atomic E-state index is -0.475. The van der Waals surface area contributed by atoms with Crippen LogP contribution in [0.1, 0.15) is 5.56 Å². The molecule has 98 valence electrons. The highest BCUT2D eigenvalue weighted by atomic mass is 35.5. The second-order valence-corrected chi connectivity index (χ2v) is 4.69. The molecule has 3 rings (SSSR count). The van der Waals surface area contributed by atoms with Crippen molar-refractivity contribution in [2.45, 2.75) is 0 Å². The molecule has 2 aromatic carbocycles. The van der Waals surface area contributed by atoms with Crippen molar-refractivity contribution in [2.24, 2.45) is 0 Å². The Morgan fingerprint density at radius 3 is 2.90 bits per heavy atom. The molecule has 1 heterocycles. The highest BCUT2D eigenvalue weighted by molar-refractivity contribution is 6.31. The van der Waals surface area contributed by atoms with E-state index in [-0.39, 0.29) is 5.56 Å². The van der Waals surface area contributed by atoms with Gasteiger partial charge in [0, 0.05) is 16.1 Å². The number of aromatic amines is 1. The van der Waals surface area contributed by atoms with Crippen LogP contribution in [0.5, 0.6) is 0 Å². The molecule has 0 aliphatic heterocycles. The number of nitrogens with one attached hydrogen (secondary N) is 2. The number of H-pyrrole nitrogens is 1. The van der Waals surface area contributed by atoms with Gasteiger partial charge in [-0.15, -0.1) is 0 Å². The molecule has 20 heavy (non-hydrogen) atoms. The van der Waals surface area contributed by atoms with Crippen LogP contribution in [0.25, 0.3) is 10.9 Å². The van der Waals surface area contributed by atoms with Crippen LogP contribution in [0.15, 0.2) is 36.5 Å². The number of nitriles is 1. The summed E-state index contributed by atoms with van der Waals surface area (Å²) in [6.07, 6.45) is 1.65. The summed E-state index contributed by atoms with van der Waals surface area (Å²) in [4.78, 5) is 0. The lowest BCUT2D eigenvalue weighted by Gasteiger charge is -2.09. The summed E-state index contributed by atoms with van der Waals surface area (Å²) < 4.78 is 13.4. The van der Waals surface area contributed by atoms with Crippen LogP contribution in [0.3, 0.4) is 0 Å². The Labute approximate surface area is 118 Å². The SMILES string of the molecule is N#Cc1cc(F)cc(Nc2cc(Cl)cc3[nH]ncc23)c1. The molecule has 0 aliphatic rings. The van der Waals surface area contributed by atoms with Gasteiger partial charge in [-0.2, -0.15) is 10.4 Å². The number of rotatable bonds is 2. The first-order valence-corrected chi connectivity index (χ1v) is 6.14. The normalized spacial score (nSPS) is 10.4. The number of fused-ring (bicyclic) bond motifs is 1. The van der Waals surface area contributed by atoms with Crippen LogP contribution in [-0.2, 0) is 0 Å². The first kappa shape index (κ1) is 12.5. The van der Waals surface area contributed by atoms with Crippen LogP contribution in [0.4, 0.5) is 15.8 Å². The molecule has 0 spiro atoms. The number of anilines is 2. The van der Waals surface area contributed by atoms with E-state index in [1.807, 2.05) is 6.07 Å². The van der Waals surface area contributed by atoms with Crippen molar-refractivity contribution in [1.82, 2.24) is 10.2 Å². The Morgan fingerprint density at radius 2 is 2.10 bits per heavy atom. The number of hydrogen-bond acceptors (Lipinski definition) is 3. The molecule has 0 bridgehead atoms. The molecule has 1 aromatic heterocycles. The Hall–Kier alpha value is -2.58. The summed E-state index contributed by atoms with van der Waals surface area (Å²) in [5, 5.41) is 20.0. The summed E-state index contributed by atoms with van der Waals surface area (Å²) in [5.41, 5.74) is 2.19. The average Bonchev–Trinajstić information content (AvgIpc) is 2.86. The van der Waals surface area contributed by atoms with Crippen LogP contribution in [-0.4, -0.2) is 10.2 Å². The van der Waals surface area contributed by atoms with Gasteiger partial charge in [-0.3, -0.25) is 5.10 Å². The highest BCUT2D eigenvalue weighted by Crippen LogP contribution is 2.29. The van der Waals surface area contributed by atoms with E-state index in [9.17, 15) is 4.39 Å². The van der Waals surface area contributed by atoms with E-state index < -0.39 is 5.82 Å². The van der Waals surface area contributed by atoms with Crippen LogP contribution in [0, 0.1) is 17.1 Å². The van der Waals surface area contributed by atoms with Gasteiger partial charge in [0.05, 0.1) is 29.0 Å². The standard InChI is InChI=1S/C14H8ClFN4/c15-9-3-13(12-7-18-20-14(12)4-9)19-11-2-8(6-17)1-10(16)5-11/h1-5,7,19H,(H,18,20).